The van der Waals surface area contributed by atoms with E-state index in [9.17, 15) is 0 Å². The predicted octanol–water partition coefficient (Wildman–Crippen LogP) is 1.80. The summed E-state index contributed by atoms with van der Waals surface area (Å²) < 4.78 is 0. The fourth-order valence-electron chi connectivity index (χ4n) is 2.97. The maximum atomic E-state index is 3.71. The lowest BCUT2D eigenvalue weighted by atomic mass is 10.1. The SMILES string of the molecule is CN1CCN(CCNC2CC2c2ccccc2)CC1.Cl. The molecule has 4 heteroatoms. The van der Waals surface area contributed by atoms with Gasteiger partial charge in [-0.25, -0.2) is 0 Å². The van der Waals surface area contributed by atoms with Crippen LogP contribution in [0.2, 0.25) is 0 Å². The Hall–Kier alpha value is -0.610. The number of hydrogen-bond donors (Lipinski definition) is 1. The third-order valence-corrected chi connectivity index (χ3v) is 4.45. The summed E-state index contributed by atoms with van der Waals surface area (Å²) in [6.07, 6.45) is 1.31. The van der Waals surface area contributed by atoms with E-state index in [1.54, 1.807) is 0 Å². The Kier molecular flexibility index (Phi) is 5.85. The third kappa shape index (κ3) is 4.19. The molecule has 1 saturated carbocycles. The summed E-state index contributed by atoms with van der Waals surface area (Å²) in [7, 11) is 2.21. The maximum absolute atomic E-state index is 3.71. The second kappa shape index (κ2) is 7.41. The van der Waals surface area contributed by atoms with Gasteiger partial charge in [-0.1, -0.05) is 30.3 Å². The summed E-state index contributed by atoms with van der Waals surface area (Å²) in [4.78, 5) is 4.99. The van der Waals surface area contributed by atoms with Crippen molar-refractivity contribution in [2.45, 2.75) is 18.4 Å². The molecule has 3 rings (SSSR count). The van der Waals surface area contributed by atoms with E-state index in [1.807, 2.05) is 0 Å². The van der Waals surface area contributed by atoms with Crippen LogP contribution in [0.25, 0.3) is 0 Å². The Morgan fingerprint density at radius 2 is 1.80 bits per heavy atom. The van der Waals surface area contributed by atoms with Gasteiger partial charge in [-0.3, -0.25) is 4.90 Å². The van der Waals surface area contributed by atoms with Crippen LogP contribution in [0.4, 0.5) is 0 Å². The predicted molar refractivity (Wildman–Crippen MR) is 86.8 cm³/mol. The van der Waals surface area contributed by atoms with Crippen molar-refractivity contribution < 1.29 is 0 Å². The molecule has 0 bridgehead atoms. The summed E-state index contributed by atoms with van der Waals surface area (Å²) >= 11 is 0. The van der Waals surface area contributed by atoms with Crippen molar-refractivity contribution in [2.24, 2.45) is 0 Å². The summed E-state index contributed by atoms with van der Waals surface area (Å²) in [5.41, 5.74) is 1.50. The van der Waals surface area contributed by atoms with Crippen molar-refractivity contribution in [3.8, 4) is 0 Å². The van der Waals surface area contributed by atoms with Crippen molar-refractivity contribution in [3.63, 3.8) is 0 Å². The van der Waals surface area contributed by atoms with Gasteiger partial charge in [0, 0.05) is 51.2 Å². The van der Waals surface area contributed by atoms with Gasteiger partial charge >= 0.3 is 0 Å². The molecule has 1 aliphatic carbocycles. The van der Waals surface area contributed by atoms with E-state index in [-0.39, 0.29) is 12.4 Å². The Labute approximate surface area is 128 Å². The van der Waals surface area contributed by atoms with Crippen LogP contribution in [0.5, 0.6) is 0 Å². The van der Waals surface area contributed by atoms with Crippen LogP contribution in [-0.4, -0.2) is 62.2 Å². The number of nitrogens with one attached hydrogen (secondary N) is 1. The highest BCUT2D eigenvalue weighted by atomic mass is 35.5. The van der Waals surface area contributed by atoms with E-state index >= 15 is 0 Å². The zero-order chi connectivity index (χ0) is 13.1. The van der Waals surface area contributed by atoms with Crippen molar-refractivity contribution >= 4 is 12.4 Å². The molecule has 2 fully saturated rings. The molecule has 112 valence electrons. The van der Waals surface area contributed by atoms with Crippen molar-refractivity contribution in [3.05, 3.63) is 35.9 Å². The topological polar surface area (TPSA) is 18.5 Å². The lowest BCUT2D eigenvalue weighted by Gasteiger charge is -2.32. The number of benzene rings is 1. The highest BCUT2D eigenvalue weighted by Gasteiger charge is 2.37. The van der Waals surface area contributed by atoms with E-state index < -0.39 is 0 Å². The van der Waals surface area contributed by atoms with Gasteiger partial charge in [0.25, 0.3) is 0 Å². The number of halogens is 1. The Balaban J connectivity index is 0.00000147. The molecule has 0 aromatic heterocycles. The molecule has 1 aromatic carbocycles. The van der Waals surface area contributed by atoms with Gasteiger partial charge in [0.05, 0.1) is 0 Å². The smallest absolute Gasteiger partial charge is 0.0143 e. The molecule has 2 aliphatic rings. The molecule has 1 N–H and O–H groups in total. The molecule has 1 aromatic rings. The quantitative estimate of drug-likeness (QED) is 0.894. The fraction of sp³-hybridized carbons (Fsp3) is 0.625. The van der Waals surface area contributed by atoms with Gasteiger partial charge in [0.15, 0.2) is 0 Å². The van der Waals surface area contributed by atoms with Crippen LogP contribution in [0.15, 0.2) is 30.3 Å². The van der Waals surface area contributed by atoms with Gasteiger partial charge in [-0.2, -0.15) is 0 Å². The van der Waals surface area contributed by atoms with E-state index in [1.165, 1.54) is 44.7 Å². The molecule has 1 saturated heterocycles. The van der Waals surface area contributed by atoms with Gasteiger partial charge in [0.1, 0.15) is 0 Å². The Morgan fingerprint density at radius 1 is 1.10 bits per heavy atom. The normalized spacial score (nSPS) is 27.1. The van der Waals surface area contributed by atoms with Crippen LogP contribution in [0.3, 0.4) is 0 Å². The summed E-state index contributed by atoms with van der Waals surface area (Å²) in [5, 5.41) is 3.71. The zero-order valence-electron chi connectivity index (χ0n) is 12.3. The van der Waals surface area contributed by atoms with E-state index in [0.29, 0.717) is 0 Å². The Morgan fingerprint density at radius 3 is 2.50 bits per heavy atom. The second-order valence-electron chi connectivity index (χ2n) is 5.96. The largest absolute Gasteiger partial charge is 0.312 e. The van der Waals surface area contributed by atoms with Gasteiger partial charge < -0.3 is 10.2 Å². The molecule has 0 spiro atoms. The highest BCUT2D eigenvalue weighted by Crippen LogP contribution is 2.40. The molecular formula is C16H26ClN3. The van der Waals surface area contributed by atoms with E-state index in [4.69, 9.17) is 0 Å². The van der Waals surface area contributed by atoms with Crippen LogP contribution in [0.1, 0.15) is 17.9 Å². The number of piperazine rings is 1. The van der Waals surface area contributed by atoms with Gasteiger partial charge in [-0.05, 0) is 19.0 Å². The van der Waals surface area contributed by atoms with Crippen molar-refractivity contribution in [2.75, 3.05) is 46.3 Å². The van der Waals surface area contributed by atoms with Crippen molar-refractivity contribution in [1.29, 1.82) is 0 Å². The first-order valence-corrected chi connectivity index (χ1v) is 7.52. The fourth-order valence-corrected chi connectivity index (χ4v) is 2.97. The highest BCUT2D eigenvalue weighted by molar-refractivity contribution is 5.85. The van der Waals surface area contributed by atoms with Crippen LogP contribution >= 0.6 is 12.4 Å². The lowest BCUT2D eigenvalue weighted by molar-refractivity contribution is 0.154. The van der Waals surface area contributed by atoms with E-state index in [0.717, 1.165) is 18.5 Å². The molecular weight excluding hydrogens is 270 g/mol. The first kappa shape index (κ1) is 15.8. The standard InChI is InChI=1S/C16H25N3.ClH/c1-18-9-11-19(12-10-18)8-7-17-16-13-15(16)14-5-3-2-4-6-14;/h2-6,15-17H,7-13H2,1H3;1H. The molecule has 2 unspecified atom stereocenters. The zero-order valence-corrected chi connectivity index (χ0v) is 13.1. The summed E-state index contributed by atoms with van der Waals surface area (Å²) in [6.45, 7) is 7.23. The minimum Gasteiger partial charge on any atom is -0.312 e. The first-order chi connectivity index (χ1) is 9.33. The Bertz CT molecular complexity index is 390. The molecule has 1 aliphatic heterocycles. The number of hydrogen-bond acceptors (Lipinski definition) is 3. The van der Waals surface area contributed by atoms with Crippen LogP contribution in [0, 0.1) is 0 Å². The molecule has 20 heavy (non-hydrogen) atoms. The third-order valence-electron chi connectivity index (χ3n) is 4.45. The van der Waals surface area contributed by atoms with E-state index in [2.05, 4.69) is 52.5 Å². The maximum Gasteiger partial charge on any atom is 0.0143 e. The van der Waals surface area contributed by atoms with Crippen molar-refractivity contribution in [1.82, 2.24) is 15.1 Å². The monoisotopic (exact) mass is 295 g/mol. The van der Waals surface area contributed by atoms with Gasteiger partial charge in [-0.15, -0.1) is 12.4 Å². The van der Waals surface area contributed by atoms with Gasteiger partial charge in [0.2, 0.25) is 0 Å². The average Bonchev–Trinajstić information content (AvgIpc) is 3.22. The molecule has 0 amide bonds. The number of nitrogens with zero attached hydrogens (tertiary/aromatic N) is 2. The minimum absolute atomic E-state index is 0. The number of rotatable bonds is 5. The average molecular weight is 296 g/mol. The first-order valence-electron chi connectivity index (χ1n) is 7.52. The molecule has 0 radical (unpaired) electrons. The summed E-state index contributed by atoms with van der Waals surface area (Å²) in [6, 6.07) is 11.6. The van der Waals surface area contributed by atoms with Crippen LogP contribution in [-0.2, 0) is 0 Å². The molecule has 3 nitrogen and oxygen atoms in total. The minimum atomic E-state index is 0. The lowest BCUT2D eigenvalue weighted by Crippen LogP contribution is -2.46. The molecule has 1 heterocycles. The molecule has 2 atom stereocenters. The number of likely N-dealkylation sites (N-methyl/N-ethyl adjacent to an activating group) is 1. The summed E-state index contributed by atoms with van der Waals surface area (Å²) in [5.74, 6) is 0.758. The second-order valence-corrected chi connectivity index (χ2v) is 5.96. The van der Waals surface area contributed by atoms with Crippen LogP contribution < -0.4 is 5.32 Å².